The minimum atomic E-state index is -0.940. The predicted octanol–water partition coefficient (Wildman–Crippen LogP) is 4.97. The number of thiophene rings is 1. The summed E-state index contributed by atoms with van der Waals surface area (Å²) >= 11 is 1.48. The van der Waals surface area contributed by atoms with Crippen LogP contribution in [0.5, 0.6) is 0 Å². The highest BCUT2D eigenvalue weighted by Crippen LogP contribution is 2.42. The SMILES string of the molecule is Cc1cc(C)cc(-c2[nH]c3sc(C(C)(C)C(=O)O)cc3c2[C@H](C)CO)c1. The number of aliphatic carboxylic acids is 1. The number of H-pyrrole nitrogens is 1. The van der Waals surface area contributed by atoms with Crippen LogP contribution in [0.25, 0.3) is 21.5 Å². The van der Waals surface area contributed by atoms with Crippen molar-refractivity contribution >= 4 is 27.5 Å². The van der Waals surface area contributed by atoms with Crippen LogP contribution in [-0.4, -0.2) is 27.8 Å². The molecule has 3 N–H and O–H groups in total. The third-order valence-corrected chi connectivity index (χ3v) is 6.33. The lowest BCUT2D eigenvalue weighted by Crippen LogP contribution is -2.27. The fourth-order valence-electron chi connectivity index (χ4n) is 3.36. The molecule has 1 aromatic carbocycles. The summed E-state index contributed by atoms with van der Waals surface area (Å²) in [7, 11) is 0. The van der Waals surface area contributed by atoms with Crippen LogP contribution in [-0.2, 0) is 10.2 Å². The van der Waals surface area contributed by atoms with E-state index in [0.717, 1.165) is 31.9 Å². The Balaban J connectivity index is 2.25. The summed E-state index contributed by atoms with van der Waals surface area (Å²) in [6.45, 7) is 9.63. The van der Waals surface area contributed by atoms with E-state index in [2.05, 4.69) is 37.0 Å². The molecule has 26 heavy (non-hydrogen) atoms. The van der Waals surface area contributed by atoms with Gasteiger partial charge >= 0.3 is 5.97 Å². The highest BCUT2D eigenvalue weighted by atomic mass is 32.1. The van der Waals surface area contributed by atoms with Crippen molar-refractivity contribution in [3.63, 3.8) is 0 Å². The zero-order valence-corrected chi connectivity index (χ0v) is 16.6. The van der Waals surface area contributed by atoms with E-state index in [4.69, 9.17) is 0 Å². The molecule has 0 aliphatic carbocycles. The second-order valence-corrected chi connectivity index (χ2v) is 8.71. The Kier molecular flexibility index (Phi) is 4.71. The monoisotopic (exact) mass is 371 g/mol. The molecule has 0 fully saturated rings. The van der Waals surface area contributed by atoms with Gasteiger partial charge in [0.05, 0.1) is 11.1 Å². The number of carbonyl (C=O) groups is 1. The molecule has 2 aromatic heterocycles. The highest BCUT2D eigenvalue weighted by molar-refractivity contribution is 7.19. The number of aromatic nitrogens is 1. The van der Waals surface area contributed by atoms with Crippen molar-refractivity contribution < 1.29 is 15.0 Å². The van der Waals surface area contributed by atoms with Crippen LogP contribution < -0.4 is 0 Å². The van der Waals surface area contributed by atoms with Gasteiger partial charge in [-0.05, 0) is 57.0 Å². The van der Waals surface area contributed by atoms with Crippen LogP contribution in [0.3, 0.4) is 0 Å². The second-order valence-electron chi connectivity index (χ2n) is 7.66. The summed E-state index contributed by atoms with van der Waals surface area (Å²) in [6.07, 6.45) is 0. The van der Waals surface area contributed by atoms with Crippen LogP contribution in [0, 0.1) is 13.8 Å². The predicted molar refractivity (Wildman–Crippen MR) is 107 cm³/mol. The zero-order chi connectivity index (χ0) is 19.2. The maximum Gasteiger partial charge on any atom is 0.314 e. The average molecular weight is 372 g/mol. The molecule has 138 valence electrons. The van der Waals surface area contributed by atoms with E-state index >= 15 is 0 Å². The first kappa shape index (κ1) is 18.7. The van der Waals surface area contributed by atoms with Crippen molar-refractivity contribution in [2.45, 2.75) is 46.0 Å². The van der Waals surface area contributed by atoms with E-state index in [1.165, 1.54) is 22.5 Å². The number of carboxylic acids is 1. The first-order valence-corrected chi connectivity index (χ1v) is 9.55. The molecule has 5 heteroatoms. The number of aliphatic hydroxyl groups excluding tert-OH is 1. The number of rotatable bonds is 5. The fourth-order valence-corrected chi connectivity index (χ4v) is 4.53. The van der Waals surface area contributed by atoms with Gasteiger partial charge in [0.2, 0.25) is 0 Å². The maximum absolute atomic E-state index is 11.6. The van der Waals surface area contributed by atoms with Gasteiger partial charge in [0.1, 0.15) is 4.83 Å². The van der Waals surface area contributed by atoms with E-state index in [0.29, 0.717) is 0 Å². The number of aromatic amines is 1. The van der Waals surface area contributed by atoms with Crippen LogP contribution in [0.1, 0.15) is 48.3 Å². The fraction of sp³-hybridized carbons (Fsp3) is 0.381. The number of fused-ring (bicyclic) bond motifs is 1. The first-order chi connectivity index (χ1) is 12.1. The summed E-state index contributed by atoms with van der Waals surface area (Å²) < 4.78 is 0. The lowest BCUT2D eigenvalue weighted by atomic mass is 9.90. The van der Waals surface area contributed by atoms with Crippen LogP contribution in [0.4, 0.5) is 0 Å². The van der Waals surface area contributed by atoms with Gasteiger partial charge in [-0.15, -0.1) is 11.3 Å². The van der Waals surface area contributed by atoms with E-state index in [-0.39, 0.29) is 12.5 Å². The molecule has 1 atom stereocenters. The summed E-state index contributed by atoms with van der Waals surface area (Å²) in [6, 6.07) is 8.38. The number of hydrogen-bond donors (Lipinski definition) is 3. The van der Waals surface area contributed by atoms with Crippen molar-refractivity contribution in [2.75, 3.05) is 6.61 Å². The minimum Gasteiger partial charge on any atom is -0.481 e. The van der Waals surface area contributed by atoms with Crippen LogP contribution in [0.15, 0.2) is 24.3 Å². The second kappa shape index (κ2) is 6.56. The highest BCUT2D eigenvalue weighted by Gasteiger charge is 2.33. The molecule has 2 heterocycles. The standard InChI is InChI=1S/C21H25NO3S/c1-11-6-12(2)8-14(7-11)18-17(13(3)10-23)15-9-16(26-19(15)22-18)21(4,5)20(24)25/h6-9,13,22-23H,10H2,1-5H3,(H,24,25)/t13-/m1/s1. The Morgan fingerprint density at radius 1 is 1.19 bits per heavy atom. The smallest absolute Gasteiger partial charge is 0.314 e. The molecule has 0 radical (unpaired) electrons. The van der Waals surface area contributed by atoms with Crippen molar-refractivity contribution in [2.24, 2.45) is 0 Å². The van der Waals surface area contributed by atoms with Crippen molar-refractivity contribution in [1.29, 1.82) is 0 Å². The van der Waals surface area contributed by atoms with Gasteiger partial charge in [0.25, 0.3) is 0 Å². The Morgan fingerprint density at radius 3 is 2.35 bits per heavy atom. The molecule has 0 saturated carbocycles. The minimum absolute atomic E-state index is 0.0399. The summed E-state index contributed by atoms with van der Waals surface area (Å²) in [4.78, 5) is 16.9. The molecule has 3 rings (SSSR count). The molecule has 0 unspecified atom stereocenters. The maximum atomic E-state index is 11.6. The Labute approximate surface area is 157 Å². The van der Waals surface area contributed by atoms with Gasteiger partial charge in [-0.2, -0.15) is 0 Å². The van der Waals surface area contributed by atoms with E-state index < -0.39 is 11.4 Å². The molecule has 3 aromatic rings. The molecular formula is C21H25NO3S. The molecule has 0 spiro atoms. The van der Waals surface area contributed by atoms with E-state index in [9.17, 15) is 15.0 Å². The Hall–Kier alpha value is -2.11. The number of hydrogen-bond acceptors (Lipinski definition) is 3. The molecule has 0 amide bonds. The van der Waals surface area contributed by atoms with E-state index in [1.54, 1.807) is 13.8 Å². The Bertz CT molecular complexity index is 960. The van der Waals surface area contributed by atoms with Gasteiger partial charge in [-0.3, -0.25) is 4.79 Å². The summed E-state index contributed by atoms with van der Waals surface area (Å²) in [5.41, 5.74) is 4.60. The van der Waals surface area contributed by atoms with Crippen molar-refractivity contribution in [3.8, 4) is 11.3 Å². The number of nitrogens with one attached hydrogen (secondary N) is 1. The largest absolute Gasteiger partial charge is 0.481 e. The molecule has 0 aliphatic heterocycles. The number of benzene rings is 1. The number of carboxylic acid groups (broad SMARTS) is 1. The van der Waals surface area contributed by atoms with Gasteiger partial charge < -0.3 is 15.2 Å². The number of aryl methyl sites for hydroxylation is 2. The molecule has 4 nitrogen and oxygen atoms in total. The summed E-state index contributed by atoms with van der Waals surface area (Å²) in [5, 5.41) is 20.3. The van der Waals surface area contributed by atoms with Crippen LogP contribution >= 0.6 is 11.3 Å². The van der Waals surface area contributed by atoms with Gasteiger partial charge in [-0.25, -0.2) is 0 Å². The normalized spacial score (nSPS) is 13.3. The third-order valence-electron chi connectivity index (χ3n) is 4.96. The van der Waals surface area contributed by atoms with Gasteiger partial charge in [-0.1, -0.05) is 24.1 Å². The third kappa shape index (κ3) is 3.06. The van der Waals surface area contributed by atoms with Crippen molar-refractivity contribution in [1.82, 2.24) is 4.98 Å². The lowest BCUT2D eigenvalue weighted by Gasteiger charge is -2.17. The van der Waals surface area contributed by atoms with Crippen LogP contribution in [0.2, 0.25) is 0 Å². The zero-order valence-electron chi connectivity index (χ0n) is 15.8. The Morgan fingerprint density at radius 2 is 1.81 bits per heavy atom. The van der Waals surface area contributed by atoms with Gasteiger partial charge in [0.15, 0.2) is 0 Å². The summed E-state index contributed by atoms with van der Waals surface area (Å²) in [5.74, 6) is -0.886. The number of aliphatic hydroxyl groups is 1. The molecular weight excluding hydrogens is 346 g/mol. The van der Waals surface area contributed by atoms with Crippen molar-refractivity contribution in [3.05, 3.63) is 45.8 Å². The molecule has 0 saturated heterocycles. The van der Waals surface area contributed by atoms with E-state index in [1.807, 2.05) is 13.0 Å². The molecule has 0 bridgehead atoms. The average Bonchev–Trinajstić information content (AvgIpc) is 3.10. The quantitative estimate of drug-likeness (QED) is 0.593. The topological polar surface area (TPSA) is 73.3 Å². The van der Waals surface area contributed by atoms with Gasteiger partial charge in [0, 0.05) is 22.8 Å². The first-order valence-electron chi connectivity index (χ1n) is 8.74. The lowest BCUT2D eigenvalue weighted by molar-refractivity contribution is -0.142. The molecule has 0 aliphatic rings.